The number of nitrogen functional groups attached to an aromatic ring is 1. The van der Waals surface area contributed by atoms with E-state index in [0.717, 1.165) is 22.3 Å². The zero-order chi connectivity index (χ0) is 10.3. The maximum Gasteiger partial charge on any atom is 0.139 e. The van der Waals surface area contributed by atoms with Gasteiger partial charge in [-0.15, -0.1) is 0 Å². The first kappa shape index (κ1) is 8.63. The molecule has 0 heterocycles. The summed E-state index contributed by atoms with van der Waals surface area (Å²) >= 11 is 0. The third kappa shape index (κ3) is 0.909. The molecule has 1 aromatic rings. The first-order chi connectivity index (χ1) is 6.69. The first-order valence-corrected chi connectivity index (χ1v) is 4.31. The van der Waals surface area contributed by atoms with E-state index in [1.165, 1.54) is 0 Å². The average molecular weight is 185 g/mol. The largest absolute Gasteiger partial charge is 0.506 e. The summed E-state index contributed by atoms with van der Waals surface area (Å²) in [4.78, 5) is 0. The summed E-state index contributed by atoms with van der Waals surface area (Å²) in [5.41, 5.74) is 10.1. The quantitative estimate of drug-likeness (QED) is 0.549. The van der Waals surface area contributed by atoms with Crippen LogP contribution in [0.25, 0.3) is 11.1 Å². The van der Waals surface area contributed by atoms with Gasteiger partial charge in [-0.25, -0.2) is 0 Å². The molecule has 0 radical (unpaired) electrons. The summed E-state index contributed by atoms with van der Waals surface area (Å²) in [6.45, 7) is 7.44. The van der Waals surface area contributed by atoms with Crippen molar-refractivity contribution < 1.29 is 5.11 Å². The second kappa shape index (κ2) is 2.77. The number of benzene rings is 1. The highest BCUT2D eigenvalue weighted by atomic mass is 16.3. The summed E-state index contributed by atoms with van der Waals surface area (Å²) in [6.07, 6.45) is 3.53. The molecular weight excluding hydrogens is 174 g/mol. The van der Waals surface area contributed by atoms with Crippen molar-refractivity contribution in [2.24, 2.45) is 0 Å². The predicted molar refractivity (Wildman–Crippen MR) is 59.7 cm³/mol. The standard InChI is InChI=1S/C12H11NO/c1-3-7-8(4-2)10-6-12(14)11(13)5-9(7)10/h3-6,14H,1-2,13H2. The van der Waals surface area contributed by atoms with Crippen molar-refractivity contribution in [3.63, 3.8) is 0 Å². The Morgan fingerprint density at radius 3 is 2.07 bits per heavy atom. The van der Waals surface area contributed by atoms with Crippen molar-refractivity contribution >= 4 is 16.8 Å². The summed E-state index contributed by atoms with van der Waals surface area (Å²) in [7, 11) is 0. The highest BCUT2D eigenvalue weighted by molar-refractivity contribution is 6.11. The number of aromatic hydroxyl groups is 1. The minimum Gasteiger partial charge on any atom is -0.506 e. The summed E-state index contributed by atoms with van der Waals surface area (Å²) in [5, 5.41) is 9.42. The molecule has 1 aliphatic rings. The molecule has 0 atom stereocenters. The van der Waals surface area contributed by atoms with E-state index >= 15 is 0 Å². The Balaban J connectivity index is 2.63. The van der Waals surface area contributed by atoms with Crippen molar-refractivity contribution in [3.8, 4) is 5.75 Å². The van der Waals surface area contributed by atoms with E-state index in [9.17, 15) is 5.11 Å². The van der Waals surface area contributed by atoms with E-state index in [1.54, 1.807) is 24.3 Å². The molecule has 2 nitrogen and oxygen atoms in total. The molecule has 0 saturated heterocycles. The number of fused-ring (bicyclic) bond motifs is 1. The van der Waals surface area contributed by atoms with Crippen LogP contribution in [-0.2, 0) is 0 Å². The van der Waals surface area contributed by atoms with Crippen molar-refractivity contribution in [1.29, 1.82) is 0 Å². The lowest BCUT2D eigenvalue weighted by Crippen LogP contribution is -2.04. The molecule has 0 saturated carbocycles. The van der Waals surface area contributed by atoms with Crippen LogP contribution >= 0.6 is 0 Å². The molecule has 0 bridgehead atoms. The third-order valence-electron chi connectivity index (χ3n) is 2.45. The molecule has 14 heavy (non-hydrogen) atoms. The number of phenolic OH excluding ortho intramolecular Hbond substituents is 1. The van der Waals surface area contributed by atoms with Gasteiger partial charge in [0.1, 0.15) is 5.75 Å². The second-order valence-electron chi connectivity index (χ2n) is 3.19. The molecule has 0 fully saturated rings. The van der Waals surface area contributed by atoms with Crippen LogP contribution < -0.4 is 5.73 Å². The molecule has 1 aliphatic carbocycles. The molecule has 3 N–H and O–H groups in total. The van der Waals surface area contributed by atoms with Gasteiger partial charge >= 0.3 is 0 Å². The van der Waals surface area contributed by atoms with E-state index in [4.69, 9.17) is 5.73 Å². The number of rotatable bonds is 2. The van der Waals surface area contributed by atoms with Crippen molar-refractivity contribution in [1.82, 2.24) is 0 Å². The Labute approximate surface area is 82.7 Å². The van der Waals surface area contributed by atoms with Crippen molar-refractivity contribution in [3.05, 3.63) is 48.6 Å². The zero-order valence-corrected chi connectivity index (χ0v) is 7.75. The fourth-order valence-corrected chi connectivity index (χ4v) is 1.72. The molecule has 2 rings (SSSR count). The van der Waals surface area contributed by atoms with E-state index in [2.05, 4.69) is 13.2 Å². The first-order valence-electron chi connectivity index (χ1n) is 4.31. The van der Waals surface area contributed by atoms with Crippen LogP contribution in [0.5, 0.6) is 5.75 Å². The molecule has 70 valence electrons. The molecule has 0 amide bonds. The lowest BCUT2D eigenvalue weighted by Gasteiger charge is -2.24. The summed E-state index contributed by atoms with van der Waals surface area (Å²) in [5.74, 6) is 0.117. The number of anilines is 1. The van der Waals surface area contributed by atoms with Gasteiger partial charge in [0.2, 0.25) is 0 Å². The van der Waals surface area contributed by atoms with Gasteiger partial charge in [0.05, 0.1) is 5.69 Å². The minimum absolute atomic E-state index is 0.117. The Morgan fingerprint density at radius 2 is 1.57 bits per heavy atom. The maximum absolute atomic E-state index is 9.42. The minimum atomic E-state index is 0.117. The Kier molecular flexibility index (Phi) is 1.71. The monoisotopic (exact) mass is 185 g/mol. The Bertz CT molecular complexity index is 426. The van der Waals surface area contributed by atoms with Crippen LogP contribution in [0.2, 0.25) is 0 Å². The SMILES string of the molecule is C=CC1=C(C=C)c2cc(O)c(N)cc21. The highest BCUT2D eigenvalue weighted by Crippen LogP contribution is 2.44. The Morgan fingerprint density at radius 1 is 1.07 bits per heavy atom. The van der Waals surface area contributed by atoms with E-state index < -0.39 is 0 Å². The van der Waals surface area contributed by atoms with Crippen LogP contribution in [0.1, 0.15) is 11.1 Å². The molecule has 0 aliphatic heterocycles. The number of hydrogen-bond donors (Lipinski definition) is 2. The molecular formula is C12H11NO. The number of hydrogen-bond acceptors (Lipinski definition) is 2. The van der Waals surface area contributed by atoms with Gasteiger partial charge in [-0.05, 0) is 34.4 Å². The van der Waals surface area contributed by atoms with Crippen LogP contribution in [-0.4, -0.2) is 5.11 Å². The van der Waals surface area contributed by atoms with Gasteiger partial charge < -0.3 is 10.8 Å². The number of allylic oxidation sites excluding steroid dienone is 4. The molecule has 0 aromatic heterocycles. The molecule has 0 unspecified atom stereocenters. The van der Waals surface area contributed by atoms with Crippen LogP contribution in [0.4, 0.5) is 5.69 Å². The topological polar surface area (TPSA) is 46.2 Å². The Hall–Kier alpha value is -1.96. The fourth-order valence-electron chi connectivity index (χ4n) is 1.72. The lowest BCUT2D eigenvalue weighted by atomic mass is 9.80. The van der Waals surface area contributed by atoms with Gasteiger partial charge in [-0.3, -0.25) is 0 Å². The van der Waals surface area contributed by atoms with E-state index in [-0.39, 0.29) is 5.75 Å². The van der Waals surface area contributed by atoms with Gasteiger partial charge in [0.15, 0.2) is 0 Å². The number of phenols is 1. The molecule has 2 heteroatoms. The fraction of sp³-hybridized carbons (Fsp3) is 0. The average Bonchev–Trinajstić information content (AvgIpc) is 2.16. The van der Waals surface area contributed by atoms with Crippen LogP contribution in [0.3, 0.4) is 0 Å². The third-order valence-corrected chi connectivity index (χ3v) is 2.45. The molecule has 0 spiro atoms. The van der Waals surface area contributed by atoms with Gasteiger partial charge in [0.25, 0.3) is 0 Å². The zero-order valence-electron chi connectivity index (χ0n) is 7.75. The maximum atomic E-state index is 9.42. The van der Waals surface area contributed by atoms with Crippen LogP contribution in [0, 0.1) is 0 Å². The van der Waals surface area contributed by atoms with Gasteiger partial charge in [-0.2, -0.15) is 0 Å². The summed E-state index contributed by atoms with van der Waals surface area (Å²) in [6, 6.07) is 3.42. The molecule has 1 aromatic carbocycles. The van der Waals surface area contributed by atoms with Crippen molar-refractivity contribution in [2.45, 2.75) is 0 Å². The normalized spacial score (nSPS) is 13.1. The van der Waals surface area contributed by atoms with Crippen LogP contribution in [0.15, 0.2) is 37.4 Å². The van der Waals surface area contributed by atoms with E-state index in [1.807, 2.05) is 0 Å². The highest BCUT2D eigenvalue weighted by Gasteiger charge is 2.22. The smallest absolute Gasteiger partial charge is 0.139 e. The summed E-state index contributed by atoms with van der Waals surface area (Å²) < 4.78 is 0. The van der Waals surface area contributed by atoms with Crippen molar-refractivity contribution in [2.75, 3.05) is 5.73 Å². The van der Waals surface area contributed by atoms with E-state index in [0.29, 0.717) is 5.69 Å². The van der Waals surface area contributed by atoms with Gasteiger partial charge in [0, 0.05) is 0 Å². The second-order valence-corrected chi connectivity index (χ2v) is 3.19. The number of nitrogens with two attached hydrogens (primary N) is 1. The lowest BCUT2D eigenvalue weighted by molar-refractivity contribution is 0.477. The van der Waals surface area contributed by atoms with Gasteiger partial charge in [-0.1, -0.05) is 25.3 Å². The predicted octanol–water partition coefficient (Wildman–Crippen LogP) is 2.57.